The topological polar surface area (TPSA) is 54.0 Å². The number of amides is 1. The number of aromatic nitrogens is 1. The van der Waals surface area contributed by atoms with Crippen molar-refractivity contribution >= 4 is 23.2 Å². The molecule has 1 heterocycles. The summed E-state index contributed by atoms with van der Waals surface area (Å²) >= 11 is 5.76. The lowest BCUT2D eigenvalue weighted by atomic mass is 10.3. The van der Waals surface area contributed by atoms with Crippen LogP contribution in [0.4, 0.5) is 5.69 Å². The van der Waals surface area contributed by atoms with Gasteiger partial charge in [0.25, 0.3) is 0 Å². The van der Waals surface area contributed by atoms with Crippen LogP contribution >= 0.6 is 11.6 Å². The number of hydrogen-bond acceptors (Lipinski definition) is 3. The highest BCUT2D eigenvalue weighted by Gasteiger charge is 2.03. The number of aryl methyl sites for hydroxylation is 1. The first-order valence-corrected chi connectivity index (χ1v) is 5.14. The van der Waals surface area contributed by atoms with Gasteiger partial charge in [-0.15, -0.1) is 0 Å². The average molecular weight is 228 g/mol. The minimum atomic E-state index is -0.0830. The maximum Gasteiger partial charge on any atom is 0.238 e. The fourth-order valence-corrected chi connectivity index (χ4v) is 1.17. The van der Waals surface area contributed by atoms with Gasteiger partial charge in [-0.05, 0) is 25.1 Å². The molecule has 1 aromatic heterocycles. The molecule has 15 heavy (non-hydrogen) atoms. The van der Waals surface area contributed by atoms with Gasteiger partial charge in [-0.1, -0.05) is 18.5 Å². The molecule has 4 nitrogen and oxygen atoms in total. The minimum Gasteiger partial charge on any atom is -0.324 e. The normalized spacial score (nSPS) is 10.1. The van der Waals surface area contributed by atoms with Crippen LogP contribution in [0.2, 0.25) is 5.15 Å². The second-order valence-corrected chi connectivity index (χ2v) is 3.52. The van der Waals surface area contributed by atoms with E-state index in [-0.39, 0.29) is 5.91 Å². The number of nitrogens with one attached hydrogen (secondary N) is 2. The Morgan fingerprint density at radius 3 is 2.93 bits per heavy atom. The SMILES string of the molecule is CCNCC(=O)Nc1cnc(Cl)c(C)c1. The predicted molar refractivity (Wildman–Crippen MR) is 61.2 cm³/mol. The molecule has 1 rings (SSSR count). The molecule has 1 aromatic rings. The third-order valence-corrected chi connectivity index (χ3v) is 2.23. The summed E-state index contributed by atoms with van der Waals surface area (Å²) in [6, 6.07) is 1.79. The summed E-state index contributed by atoms with van der Waals surface area (Å²) in [5, 5.41) is 6.12. The first kappa shape index (κ1) is 11.9. The third kappa shape index (κ3) is 3.85. The molecule has 0 unspecified atom stereocenters. The maximum absolute atomic E-state index is 11.3. The van der Waals surface area contributed by atoms with E-state index >= 15 is 0 Å². The number of nitrogens with zero attached hydrogens (tertiary/aromatic N) is 1. The number of hydrogen-bond donors (Lipinski definition) is 2. The number of carbonyl (C=O) groups is 1. The van der Waals surface area contributed by atoms with E-state index in [2.05, 4.69) is 15.6 Å². The van der Waals surface area contributed by atoms with Gasteiger partial charge in [0.2, 0.25) is 5.91 Å². The van der Waals surface area contributed by atoms with Crippen molar-refractivity contribution in [3.63, 3.8) is 0 Å². The van der Waals surface area contributed by atoms with Crippen LogP contribution in [-0.2, 0) is 4.79 Å². The molecule has 0 saturated carbocycles. The largest absolute Gasteiger partial charge is 0.324 e. The lowest BCUT2D eigenvalue weighted by Crippen LogP contribution is -2.27. The maximum atomic E-state index is 11.3. The molecule has 0 radical (unpaired) electrons. The van der Waals surface area contributed by atoms with E-state index in [9.17, 15) is 4.79 Å². The van der Waals surface area contributed by atoms with E-state index in [1.165, 1.54) is 0 Å². The number of likely N-dealkylation sites (N-methyl/N-ethyl adjacent to an activating group) is 1. The van der Waals surface area contributed by atoms with E-state index in [0.29, 0.717) is 17.4 Å². The summed E-state index contributed by atoms with van der Waals surface area (Å²) in [4.78, 5) is 15.3. The molecule has 0 saturated heterocycles. The molecule has 0 atom stereocenters. The Kier molecular flexibility index (Phi) is 4.52. The Bertz CT molecular complexity index is 355. The van der Waals surface area contributed by atoms with E-state index < -0.39 is 0 Å². The fourth-order valence-electron chi connectivity index (χ4n) is 1.07. The van der Waals surface area contributed by atoms with E-state index in [1.54, 1.807) is 12.3 Å². The number of carbonyl (C=O) groups excluding carboxylic acids is 1. The van der Waals surface area contributed by atoms with Gasteiger partial charge >= 0.3 is 0 Å². The van der Waals surface area contributed by atoms with Crippen LogP contribution in [0.5, 0.6) is 0 Å². The van der Waals surface area contributed by atoms with Gasteiger partial charge in [0.05, 0.1) is 18.4 Å². The predicted octanol–water partition coefficient (Wildman–Crippen LogP) is 1.59. The van der Waals surface area contributed by atoms with Gasteiger partial charge in [0.1, 0.15) is 5.15 Å². The van der Waals surface area contributed by atoms with Crippen LogP contribution in [0.3, 0.4) is 0 Å². The molecule has 0 aliphatic rings. The molecule has 82 valence electrons. The Balaban J connectivity index is 2.57. The van der Waals surface area contributed by atoms with Gasteiger partial charge in [0.15, 0.2) is 0 Å². The zero-order valence-corrected chi connectivity index (χ0v) is 9.56. The zero-order chi connectivity index (χ0) is 11.3. The van der Waals surface area contributed by atoms with Crippen molar-refractivity contribution in [3.8, 4) is 0 Å². The van der Waals surface area contributed by atoms with Crippen molar-refractivity contribution in [2.24, 2.45) is 0 Å². The van der Waals surface area contributed by atoms with Crippen LogP contribution in [0.15, 0.2) is 12.3 Å². The number of anilines is 1. The van der Waals surface area contributed by atoms with Crippen molar-refractivity contribution in [1.29, 1.82) is 0 Å². The van der Waals surface area contributed by atoms with Crippen LogP contribution in [-0.4, -0.2) is 24.0 Å². The average Bonchev–Trinajstić information content (AvgIpc) is 2.20. The minimum absolute atomic E-state index is 0.0830. The van der Waals surface area contributed by atoms with Crippen molar-refractivity contribution in [3.05, 3.63) is 23.0 Å². The lowest BCUT2D eigenvalue weighted by Gasteiger charge is -2.06. The highest BCUT2D eigenvalue weighted by Crippen LogP contribution is 2.15. The Morgan fingerprint density at radius 1 is 1.60 bits per heavy atom. The summed E-state index contributed by atoms with van der Waals surface area (Å²) < 4.78 is 0. The molecular formula is C10H14ClN3O. The summed E-state index contributed by atoms with van der Waals surface area (Å²) in [5.74, 6) is -0.0830. The Morgan fingerprint density at radius 2 is 2.33 bits per heavy atom. The van der Waals surface area contributed by atoms with Crippen molar-refractivity contribution < 1.29 is 4.79 Å². The molecule has 0 bridgehead atoms. The van der Waals surface area contributed by atoms with Gasteiger partial charge in [-0.2, -0.15) is 0 Å². The smallest absolute Gasteiger partial charge is 0.238 e. The van der Waals surface area contributed by atoms with Gasteiger partial charge in [-0.3, -0.25) is 4.79 Å². The molecule has 0 aromatic carbocycles. The molecule has 2 N–H and O–H groups in total. The van der Waals surface area contributed by atoms with E-state index in [1.807, 2.05) is 13.8 Å². The first-order chi connectivity index (χ1) is 7.13. The molecule has 0 spiro atoms. The van der Waals surface area contributed by atoms with Crippen LogP contribution in [0.25, 0.3) is 0 Å². The van der Waals surface area contributed by atoms with Crippen molar-refractivity contribution in [2.75, 3.05) is 18.4 Å². The summed E-state index contributed by atoms with van der Waals surface area (Å²) in [6.45, 7) is 4.86. The van der Waals surface area contributed by atoms with Crippen LogP contribution in [0.1, 0.15) is 12.5 Å². The standard InChI is InChI=1S/C10H14ClN3O/c1-3-12-6-9(15)14-8-4-7(2)10(11)13-5-8/h4-5,12H,3,6H2,1-2H3,(H,14,15). The Hall–Kier alpha value is -1.13. The molecule has 0 aliphatic carbocycles. The second kappa shape index (κ2) is 5.68. The highest BCUT2D eigenvalue weighted by molar-refractivity contribution is 6.30. The summed E-state index contributed by atoms with van der Waals surface area (Å²) in [5.41, 5.74) is 1.51. The first-order valence-electron chi connectivity index (χ1n) is 4.76. The van der Waals surface area contributed by atoms with Gasteiger partial charge in [-0.25, -0.2) is 4.98 Å². The third-order valence-electron chi connectivity index (χ3n) is 1.83. The molecule has 5 heteroatoms. The summed E-state index contributed by atoms with van der Waals surface area (Å²) in [7, 11) is 0. The van der Waals surface area contributed by atoms with E-state index in [0.717, 1.165) is 12.1 Å². The molecule has 0 fully saturated rings. The number of halogens is 1. The zero-order valence-electron chi connectivity index (χ0n) is 8.80. The second-order valence-electron chi connectivity index (χ2n) is 3.16. The quantitative estimate of drug-likeness (QED) is 0.769. The number of rotatable bonds is 4. The number of pyridine rings is 1. The molecule has 1 amide bonds. The van der Waals surface area contributed by atoms with Crippen molar-refractivity contribution in [2.45, 2.75) is 13.8 Å². The molecular weight excluding hydrogens is 214 g/mol. The van der Waals surface area contributed by atoms with E-state index in [4.69, 9.17) is 11.6 Å². The Labute approximate surface area is 94.0 Å². The van der Waals surface area contributed by atoms with Gasteiger partial charge < -0.3 is 10.6 Å². The molecule has 0 aliphatic heterocycles. The van der Waals surface area contributed by atoms with Crippen molar-refractivity contribution in [1.82, 2.24) is 10.3 Å². The monoisotopic (exact) mass is 227 g/mol. The van der Waals surface area contributed by atoms with Gasteiger partial charge in [0, 0.05) is 0 Å². The lowest BCUT2D eigenvalue weighted by molar-refractivity contribution is -0.115. The highest BCUT2D eigenvalue weighted by atomic mass is 35.5. The fraction of sp³-hybridized carbons (Fsp3) is 0.400. The van der Waals surface area contributed by atoms with Crippen LogP contribution in [0, 0.1) is 6.92 Å². The van der Waals surface area contributed by atoms with Crippen LogP contribution < -0.4 is 10.6 Å². The summed E-state index contributed by atoms with van der Waals surface area (Å²) in [6.07, 6.45) is 1.54.